The third-order valence-corrected chi connectivity index (χ3v) is 3.43. The maximum atomic E-state index is 6.10. The Morgan fingerprint density at radius 1 is 1.29 bits per heavy atom. The summed E-state index contributed by atoms with van der Waals surface area (Å²) in [4.78, 5) is 2.27. The standard InChI is InChI=1S/C11H11BrClN/c1-8-6-9(12)11(7-10(8)13)14-4-2-3-5-14/h2-3,6-7H,4-5H2,1H3. The number of hydrogen-bond donors (Lipinski definition) is 0. The van der Waals surface area contributed by atoms with Gasteiger partial charge in [-0.3, -0.25) is 0 Å². The summed E-state index contributed by atoms with van der Waals surface area (Å²) in [7, 11) is 0. The number of benzene rings is 1. The molecule has 0 N–H and O–H groups in total. The van der Waals surface area contributed by atoms with Gasteiger partial charge < -0.3 is 4.90 Å². The van der Waals surface area contributed by atoms with Crippen LogP contribution in [0, 0.1) is 6.92 Å². The number of nitrogens with zero attached hydrogens (tertiary/aromatic N) is 1. The highest BCUT2D eigenvalue weighted by Gasteiger charge is 2.12. The van der Waals surface area contributed by atoms with Crippen LogP contribution in [0.1, 0.15) is 5.56 Å². The maximum absolute atomic E-state index is 6.10. The van der Waals surface area contributed by atoms with E-state index in [2.05, 4.69) is 39.0 Å². The fourth-order valence-electron chi connectivity index (χ4n) is 1.55. The zero-order valence-corrected chi connectivity index (χ0v) is 10.3. The Morgan fingerprint density at radius 2 is 1.93 bits per heavy atom. The van der Waals surface area contributed by atoms with Crippen molar-refractivity contribution in [1.82, 2.24) is 0 Å². The fraction of sp³-hybridized carbons (Fsp3) is 0.273. The van der Waals surface area contributed by atoms with E-state index in [1.165, 1.54) is 5.69 Å². The Balaban J connectivity index is 2.38. The van der Waals surface area contributed by atoms with Crippen molar-refractivity contribution in [3.05, 3.63) is 39.3 Å². The van der Waals surface area contributed by atoms with E-state index in [4.69, 9.17) is 11.6 Å². The highest BCUT2D eigenvalue weighted by Crippen LogP contribution is 2.32. The van der Waals surface area contributed by atoms with Crippen LogP contribution >= 0.6 is 27.5 Å². The molecule has 0 atom stereocenters. The SMILES string of the molecule is Cc1cc(Br)c(N2CC=CC2)cc1Cl. The van der Waals surface area contributed by atoms with E-state index in [0.717, 1.165) is 28.1 Å². The summed E-state index contributed by atoms with van der Waals surface area (Å²) in [5.41, 5.74) is 2.28. The lowest BCUT2D eigenvalue weighted by Gasteiger charge is -2.20. The molecule has 0 bridgehead atoms. The zero-order valence-electron chi connectivity index (χ0n) is 7.93. The Labute approximate surface area is 97.5 Å². The Hall–Kier alpha value is -0.470. The molecule has 2 rings (SSSR count). The van der Waals surface area contributed by atoms with Gasteiger partial charge in [0.15, 0.2) is 0 Å². The van der Waals surface area contributed by atoms with Crippen LogP contribution in [-0.2, 0) is 0 Å². The van der Waals surface area contributed by atoms with Gasteiger partial charge in [-0.15, -0.1) is 0 Å². The molecular weight excluding hydrogens is 261 g/mol. The summed E-state index contributed by atoms with van der Waals surface area (Å²) in [6, 6.07) is 4.09. The third-order valence-electron chi connectivity index (χ3n) is 2.39. The summed E-state index contributed by atoms with van der Waals surface area (Å²) in [6.07, 6.45) is 4.33. The second-order valence-electron chi connectivity index (χ2n) is 3.43. The summed E-state index contributed by atoms with van der Waals surface area (Å²) in [5, 5.41) is 0.829. The van der Waals surface area contributed by atoms with Crippen molar-refractivity contribution in [1.29, 1.82) is 0 Å². The number of rotatable bonds is 1. The predicted molar refractivity (Wildman–Crippen MR) is 65.2 cm³/mol. The summed E-state index contributed by atoms with van der Waals surface area (Å²) < 4.78 is 1.11. The van der Waals surface area contributed by atoms with Crippen LogP contribution in [0.5, 0.6) is 0 Å². The maximum Gasteiger partial charge on any atom is 0.0531 e. The average molecular weight is 273 g/mol. The number of halogens is 2. The van der Waals surface area contributed by atoms with Crippen LogP contribution in [0.3, 0.4) is 0 Å². The minimum Gasteiger partial charge on any atom is -0.363 e. The lowest BCUT2D eigenvalue weighted by molar-refractivity contribution is 1.00. The minimum atomic E-state index is 0.829. The number of hydrogen-bond acceptors (Lipinski definition) is 1. The van der Waals surface area contributed by atoms with Gasteiger partial charge in [0.05, 0.1) is 5.69 Å². The van der Waals surface area contributed by atoms with Crippen LogP contribution in [0.15, 0.2) is 28.8 Å². The van der Waals surface area contributed by atoms with Crippen molar-refractivity contribution in [2.45, 2.75) is 6.92 Å². The second kappa shape index (κ2) is 3.95. The molecule has 0 saturated heterocycles. The summed E-state index contributed by atoms with van der Waals surface area (Å²) in [6.45, 7) is 3.95. The molecule has 0 aromatic heterocycles. The first-order chi connectivity index (χ1) is 6.68. The topological polar surface area (TPSA) is 3.24 Å². The van der Waals surface area contributed by atoms with Crippen molar-refractivity contribution in [3.63, 3.8) is 0 Å². The molecule has 0 unspecified atom stereocenters. The molecule has 0 radical (unpaired) electrons. The van der Waals surface area contributed by atoms with Gasteiger partial charge in [-0.05, 0) is 40.5 Å². The van der Waals surface area contributed by atoms with E-state index >= 15 is 0 Å². The summed E-state index contributed by atoms with van der Waals surface area (Å²) >= 11 is 9.66. The average Bonchev–Trinajstić information content (AvgIpc) is 2.64. The van der Waals surface area contributed by atoms with Gasteiger partial charge in [0.1, 0.15) is 0 Å². The molecule has 1 nitrogen and oxygen atoms in total. The molecule has 0 amide bonds. The Morgan fingerprint density at radius 3 is 2.57 bits per heavy atom. The fourth-order valence-corrected chi connectivity index (χ4v) is 2.42. The molecule has 1 aromatic rings. The van der Waals surface area contributed by atoms with Crippen molar-refractivity contribution in [2.75, 3.05) is 18.0 Å². The first-order valence-electron chi connectivity index (χ1n) is 4.54. The highest BCUT2D eigenvalue weighted by molar-refractivity contribution is 9.10. The first-order valence-corrected chi connectivity index (χ1v) is 5.71. The van der Waals surface area contributed by atoms with Gasteiger partial charge >= 0.3 is 0 Å². The van der Waals surface area contributed by atoms with Crippen LogP contribution in [0.4, 0.5) is 5.69 Å². The van der Waals surface area contributed by atoms with Crippen molar-refractivity contribution < 1.29 is 0 Å². The van der Waals surface area contributed by atoms with Crippen LogP contribution < -0.4 is 4.90 Å². The molecule has 74 valence electrons. The molecule has 1 aliphatic rings. The van der Waals surface area contributed by atoms with Gasteiger partial charge in [-0.2, -0.15) is 0 Å². The highest BCUT2D eigenvalue weighted by atomic mass is 79.9. The molecule has 1 aliphatic heterocycles. The molecule has 1 aromatic carbocycles. The van der Waals surface area contributed by atoms with E-state index in [1.807, 2.05) is 13.0 Å². The van der Waals surface area contributed by atoms with Crippen LogP contribution in [-0.4, -0.2) is 13.1 Å². The van der Waals surface area contributed by atoms with Gasteiger partial charge in [-0.1, -0.05) is 23.8 Å². The summed E-state index contributed by atoms with van der Waals surface area (Å²) in [5.74, 6) is 0. The van der Waals surface area contributed by atoms with Crippen molar-refractivity contribution in [3.8, 4) is 0 Å². The molecule has 0 saturated carbocycles. The van der Waals surface area contributed by atoms with Gasteiger partial charge in [0.2, 0.25) is 0 Å². The van der Waals surface area contributed by atoms with Gasteiger partial charge in [0, 0.05) is 22.6 Å². The van der Waals surface area contributed by atoms with Crippen LogP contribution in [0.2, 0.25) is 5.02 Å². The van der Waals surface area contributed by atoms with E-state index < -0.39 is 0 Å². The third kappa shape index (κ3) is 1.82. The lowest BCUT2D eigenvalue weighted by atomic mass is 10.2. The molecule has 0 fully saturated rings. The molecule has 0 aliphatic carbocycles. The quantitative estimate of drug-likeness (QED) is 0.703. The number of aryl methyl sites for hydroxylation is 1. The first kappa shape index (κ1) is 10.1. The second-order valence-corrected chi connectivity index (χ2v) is 4.69. The van der Waals surface area contributed by atoms with Gasteiger partial charge in [-0.25, -0.2) is 0 Å². The van der Waals surface area contributed by atoms with Crippen LogP contribution in [0.25, 0.3) is 0 Å². The van der Waals surface area contributed by atoms with Gasteiger partial charge in [0.25, 0.3) is 0 Å². The molecular formula is C11H11BrClN. The largest absolute Gasteiger partial charge is 0.363 e. The monoisotopic (exact) mass is 271 g/mol. The predicted octanol–water partition coefficient (Wildman–Crippen LogP) is 3.79. The zero-order chi connectivity index (χ0) is 10.1. The lowest BCUT2D eigenvalue weighted by Crippen LogP contribution is -2.18. The normalized spacial score (nSPS) is 15.2. The Bertz CT molecular complexity index is 379. The van der Waals surface area contributed by atoms with E-state index in [-0.39, 0.29) is 0 Å². The smallest absolute Gasteiger partial charge is 0.0531 e. The van der Waals surface area contributed by atoms with E-state index in [9.17, 15) is 0 Å². The molecule has 14 heavy (non-hydrogen) atoms. The number of anilines is 1. The van der Waals surface area contributed by atoms with E-state index in [0.29, 0.717) is 0 Å². The minimum absolute atomic E-state index is 0.829. The van der Waals surface area contributed by atoms with Crippen molar-refractivity contribution >= 4 is 33.2 Å². The molecule has 0 spiro atoms. The Kier molecular flexibility index (Phi) is 2.84. The molecule has 3 heteroatoms. The molecule has 1 heterocycles. The van der Waals surface area contributed by atoms with E-state index in [1.54, 1.807) is 0 Å². The van der Waals surface area contributed by atoms with Crippen molar-refractivity contribution in [2.24, 2.45) is 0 Å².